The maximum atomic E-state index is 12.3. The maximum Gasteiger partial charge on any atom is 0.260 e. The molecule has 1 saturated heterocycles. The summed E-state index contributed by atoms with van der Waals surface area (Å²) in [7, 11) is 0. The van der Waals surface area contributed by atoms with Crippen LogP contribution in [0.5, 0.6) is 5.75 Å². The molecule has 0 aliphatic carbocycles. The molecule has 1 aromatic carbocycles. The molecule has 0 saturated carbocycles. The van der Waals surface area contributed by atoms with Gasteiger partial charge in [-0.15, -0.1) is 0 Å². The summed E-state index contributed by atoms with van der Waals surface area (Å²) in [6.45, 7) is 2.12. The Bertz CT molecular complexity index is 609. The fourth-order valence-electron chi connectivity index (χ4n) is 2.59. The van der Waals surface area contributed by atoms with E-state index >= 15 is 0 Å². The molecule has 1 aromatic rings. The monoisotopic (exact) mass is 301 g/mol. The van der Waals surface area contributed by atoms with Crippen LogP contribution in [0.4, 0.5) is 0 Å². The van der Waals surface area contributed by atoms with E-state index in [0.29, 0.717) is 24.3 Å². The number of nitriles is 1. The molecule has 1 aliphatic rings. The first-order chi connectivity index (χ1) is 10.5. The summed E-state index contributed by atoms with van der Waals surface area (Å²) in [6, 6.07) is 8.83. The molecule has 1 aliphatic heterocycles. The molecule has 0 bridgehead atoms. The number of ether oxygens (including phenoxy) is 1. The zero-order valence-electron chi connectivity index (χ0n) is 12.5. The lowest BCUT2D eigenvalue weighted by Gasteiger charge is -2.36. The zero-order valence-corrected chi connectivity index (χ0v) is 12.5. The highest BCUT2D eigenvalue weighted by molar-refractivity contribution is 5.81. The summed E-state index contributed by atoms with van der Waals surface area (Å²) in [5, 5.41) is 8.99. The molecule has 0 unspecified atom stereocenters. The van der Waals surface area contributed by atoms with Gasteiger partial charge in [0.15, 0.2) is 6.61 Å². The molecule has 0 spiro atoms. The minimum atomic E-state index is -0.375. The highest BCUT2D eigenvalue weighted by Gasteiger charge is 2.31. The van der Waals surface area contributed by atoms with E-state index in [9.17, 15) is 9.59 Å². The van der Waals surface area contributed by atoms with Crippen molar-refractivity contribution in [3.8, 4) is 11.8 Å². The second-order valence-electron chi connectivity index (χ2n) is 5.47. The summed E-state index contributed by atoms with van der Waals surface area (Å²) in [4.78, 5) is 25.3. The fraction of sp³-hybridized carbons (Fsp3) is 0.438. The van der Waals surface area contributed by atoms with Crippen LogP contribution in [0.15, 0.2) is 24.3 Å². The van der Waals surface area contributed by atoms with E-state index < -0.39 is 0 Å². The number of para-hydroxylation sites is 1. The van der Waals surface area contributed by atoms with Crippen molar-refractivity contribution < 1.29 is 14.3 Å². The molecule has 2 atom stereocenters. The molecular weight excluding hydrogens is 282 g/mol. The van der Waals surface area contributed by atoms with Crippen molar-refractivity contribution in [1.29, 1.82) is 5.26 Å². The van der Waals surface area contributed by atoms with Crippen molar-refractivity contribution >= 4 is 11.8 Å². The number of hydrogen-bond donors (Lipinski definition) is 1. The van der Waals surface area contributed by atoms with Gasteiger partial charge in [0.2, 0.25) is 5.91 Å². The van der Waals surface area contributed by atoms with Crippen LogP contribution in [0.2, 0.25) is 0 Å². The quantitative estimate of drug-likeness (QED) is 0.899. The van der Waals surface area contributed by atoms with E-state index in [2.05, 4.69) is 0 Å². The van der Waals surface area contributed by atoms with E-state index in [4.69, 9.17) is 15.7 Å². The minimum Gasteiger partial charge on any atom is -0.482 e. The van der Waals surface area contributed by atoms with Gasteiger partial charge in [0, 0.05) is 12.6 Å². The van der Waals surface area contributed by atoms with E-state index in [1.807, 2.05) is 13.0 Å². The molecule has 6 nitrogen and oxygen atoms in total. The summed E-state index contributed by atoms with van der Waals surface area (Å²) in [5.74, 6) is -0.493. The predicted octanol–water partition coefficient (Wildman–Crippen LogP) is 1.05. The topological polar surface area (TPSA) is 96.4 Å². The first kappa shape index (κ1) is 15.8. The highest BCUT2D eigenvalue weighted by Crippen LogP contribution is 2.22. The lowest BCUT2D eigenvalue weighted by atomic mass is 9.93. The molecule has 0 radical (unpaired) electrons. The Kier molecular flexibility index (Phi) is 4.99. The van der Waals surface area contributed by atoms with Gasteiger partial charge in [0.25, 0.3) is 5.91 Å². The van der Waals surface area contributed by atoms with Crippen LogP contribution < -0.4 is 10.5 Å². The maximum absolute atomic E-state index is 12.3. The lowest BCUT2D eigenvalue weighted by Crippen LogP contribution is -2.50. The van der Waals surface area contributed by atoms with Gasteiger partial charge in [0.1, 0.15) is 11.8 Å². The molecular formula is C16H19N3O3. The average Bonchev–Trinajstić information content (AvgIpc) is 2.53. The number of carbonyl (C=O) groups is 2. The first-order valence-electron chi connectivity index (χ1n) is 7.23. The Morgan fingerprint density at radius 3 is 2.82 bits per heavy atom. The van der Waals surface area contributed by atoms with Crippen molar-refractivity contribution in [2.45, 2.75) is 25.8 Å². The van der Waals surface area contributed by atoms with E-state index in [0.717, 1.165) is 6.42 Å². The summed E-state index contributed by atoms with van der Waals surface area (Å²) < 4.78 is 5.46. The third kappa shape index (κ3) is 3.55. The number of nitrogens with two attached hydrogens (primary N) is 1. The molecule has 0 aromatic heterocycles. The van der Waals surface area contributed by atoms with Gasteiger partial charge >= 0.3 is 0 Å². The molecule has 116 valence electrons. The number of primary amides is 1. The van der Waals surface area contributed by atoms with Gasteiger partial charge in [-0.3, -0.25) is 9.59 Å². The molecule has 6 heteroatoms. The Labute approximate surface area is 129 Å². The van der Waals surface area contributed by atoms with E-state index in [1.165, 1.54) is 0 Å². The zero-order chi connectivity index (χ0) is 16.1. The van der Waals surface area contributed by atoms with Crippen molar-refractivity contribution in [2.24, 2.45) is 11.7 Å². The standard InChI is InChI=1S/C16H19N3O3/c1-11-6-7-13(16(18)21)9-19(11)15(20)10-22-14-5-3-2-4-12(14)8-17/h2-5,11,13H,6-7,9-10H2,1H3,(H2,18,21)/t11-,13+/m0/s1. The summed E-state index contributed by atoms with van der Waals surface area (Å²) >= 11 is 0. The van der Waals surface area contributed by atoms with Crippen molar-refractivity contribution in [1.82, 2.24) is 4.90 Å². The number of carbonyl (C=O) groups excluding carboxylic acids is 2. The lowest BCUT2D eigenvalue weighted by molar-refractivity contribution is -0.139. The van der Waals surface area contributed by atoms with Crippen LogP contribution in [-0.4, -0.2) is 35.9 Å². The summed E-state index contributed by atoms with van der Waals surface area (Å²) in [6.07, 6.45) is 1.45. The van der Waals surface area contributed by atoms with Crippen molar-refractivity contribution in [3.05, 3.63) is 29.8 Å². The van der Waals surface area contributed by atoms with Crippen molar-refractivity contribution in [3.63, 3.8) is 0 Å². The molecule has 1 fully saturated rings. The number of amides is 2. The molecule has 1 heterocycles. The number of piperidine rings is 1. The Morgan fingerprint density at radius 2 is 2.14 bits per heavy atom. The highest BCUT2D eigenvalue weighted by atomic mass is 16.5. The van der Waals surface area contributed by atoms with Crippen LogP contribution in [0.1, 0.15) is 25.3 Å². The number of hydrogen-bond acceptors (Lipinski definition) is 4. The van der Waals surface area contributed by atoms with Crippen LogP contribution >= 0.6 is 0 Å². The van der Waals surface area contributed by atoms with Gasteiger partial charge in [0.05, 0.1) is 11.5 Å². The van der Waals surface area contributed by atoms with E-state index in [-0.39, 0.29) is 30.4 Å². The van der Waals surface area contributed by atoms with Crippen LogP contribution in [0.25, 0.3) is 0 Å². The Hall–Kier alpha value is -2.55. The Morgan fingerprint density at radius 1 is 1.41 bits per heavy atom. The van der Waals surface area contributed by atoms with Gasteiger partial charge < -0.3 is 15.4 Å². The normalized spacial score (nSPS) is 21.0. The van der Waals surface area contributed by atoms with Crippen LogP contribution in [-0.2, 0) is 9.59 Å². The second-order valence-corrected chi connectivity index (χ2v) is 5.47. The van der Waals surface area contributed by atoms with Gasteiger partial charge in [-0.1, -0.05) is 12.1 Å². The number of rotatable bonds is 4. The number of benzene rings is 1. The van der Waals surface area contributed by atoms with E-state index in [1.54, 1.807) is 29.2 Å². The minimum absolute atomic E-state index is 0.0536. The smallest absolute Gasteiger partial charge is 0.260 e. The van der Waals surface area contributed by atoms with Gasteiger partial charge in [-0.2, -0.15) is 5.26 Å². The van der Waals surface area contributed by atoms with Crippen LogP contribution in [0.3, 0.4) is 0 Å². The molecule has 2 rings (SSSR count). The second kappa shape index (κ2) is 6.94. The summed E-state index contributed by atoms with van der Waals surface area (Å²) in [5.41, 5.74) is 5.72. The molecule has 2 amide bonds. The van der Waals surface area contributed by atoms with Crippen LogP contribution in [0, 0.1) is 17.2 Å². The Balaban J connectivity index is 1.99. The SMILES string of the molecule is C[C@H]1CC[C@@H](C(N)=O)CN1C(=O)COc1ccccc1C#N. The average molecular weight is 301 g/mol. The third-order valence-electron chi connectivity index (χ3n) is 3.96. The van der Waals surface area contributed by atoms with Gasteiger partial charge in [-0.25, -0.2) is 0 Å². The molecule has 22 heavy (non-hydrogen) atoms. The largest absolute Gasteiger partial charge is 0.482 e. The van der Waals surface area contributed by atoms with Crippen molar-refractivity contribution in [2.75, 3.05) is 13.2 Å². The fourth-order valence-corrected chi connectivity index (χ4v) is 2.59. The third-order valence-corrected chi connectivity index (χ3v) is 3.96. The number of nitrogens with zero attached hydrogens (tertiary/aromatic N) is 2. The number of likely N-dealkylation sites (tertiary alicyclic amines) is 1. The predicted molar refractivity (Wildman–Crippen MR) is 79.7 cm³/mol. The molecule has 2 N–H and O–H groups in total. The first-order valence-corrected chi connectivity index (χ1v) is 7.23. The van der Waals surface area contributed by atoms with Gasteiger partial charge in [-0.05, 0) is 31.9 Å².